The van der Waals surface area contributed by atoms with E-state index in [0.717, 1.165) is 12.3 Å². The highest BCUT2D eigenvalue weighted by Gasteiger charge is 2.10. The van der Waals surface area contributed by atoms with Crippen molar-refractivity contribution in [3.05, 3.63) is 41.6 Å². The molecule has 0 saturated carbocycles. The molecule has 0 spiro atoms. The van der Waals surface area contributed by atoms with Gasteiger partial charge in [0.05, 0.1) is 17.4 Å². The van der Waals surface area contributed by atoms with Gasteiger partial charge >= 0.3 is 0 Å². The number of halogens is 2. The van der Waals surface area contributed by atoms with Crippen molar-refractivity contribution >= 4 is 17.5 Å². The van der Waals surface area contributed by atoms with Crippen LogP contribution >= 0.6 is 0 Å². The Hall–Kier alpha value is -2.75. The van der Waals surface area contributed by atoms with Crippen LogP contribution in [0.3, 0.4) is 0 Å². The van der Waals surface area contributed by atoms with Crippen LogP contribution in [0.1, 0.15) is 5.56 Å². The van der Waals surface area contributed by atoms with E-state index in [2.05, 4.69) is 20.6 Å². The Morgan fingerprint density at radius 1 is 1.32 bits per heavy atom. The normalized spacial score (nSPS) is 9.79. The number of benzene rings is 1. The summed E-state index contributed by atoms with van der Waals surface area (Å²) in [6, 6.07) is 5.39. The van der Waals surface area contributed by atoms with E-state index in [1.165, 1.54) is 12.1 Å². The molecule has 0 radical (unpaired) electrons. The molecule has 0 aliphatic heterocycles. The molecule has 2 rings (SSSR count). The van der Waals surface area contributed by atoms with Gasteiger partial charge in [0.15, 0.2) is 11.6 Å². The zero-order valence-electron chi connectivity index (χ0n) is 9.91. The third-order valence-electron chi connectivity index (χ3n) is 2.32. The number of anilines is 3. The highest BCUT2D eigenvalue weighted by atomic mass is 19.1. The van der Waals surface area contributed by atoms with Gasteiger partial charge in [-0.25, -0.2) is 13.8 Å². The largest absolute Gasteiger partial charge is 0.357 e. The van der Waals surface area contributed by atoms with E-state index < -0.39 is 11.6 Å². The highest BCUT2D eigenvalue weighted by Crippen LogP contribution is 2.22. The second-order valence-corrected chi connectivity index (χ2v) is 3.57. The van der Waals surface area contributed by atoms with Gasteiger partial charge in [0, 0.05) is 7.05 Å². The van der Waals surface area contributed by atoms with Gasteiger partial charge in [-0.15, -0.1) is 0 Å². The standard InChI is InChI=1S/C12H9F2N5/c1-16-12-17-6-9(14)11(19-12)18-10-3-2-8(13)4-7(10)5-15/h2-4,6H,1H3,(H2,16,17,18,19). The summed E-state index contributed by atoms with van der Waals surface area (Å²) < 4.78 is 26.5. The van der Waals surface area contributed by atoms with Crippen LogP contribution in [0, 0.1) is 23.0 Å². The smallest absolute Gasteiger partial charge is 0.224 e. The molecule has 0 atom stereocenters. The van der Waals surface area contributed by atoms with Crippen LogP contribution in [-0.2, 0) is 0 Å². The maximum atomic E-state index is 13.5. The third kappa shape index (κ3) is 2.74. The van der Waals surface area contributed by atoms with E-state index >= 15 is 0 Å². The van der Waals surface area contributed by atoms with Gasteiger partial charge in [-0.05, 0) is 18.2 Å². The average molecular weight is 261 g/mol. The van der Waals surface area contributed by atoms with Crippen LogP contribution in [0.4, 0.5) is 26.2 Å². The van der Waals surface area contributed by atoms with Crippen LogP contribution in [-0.4, -0.2) is 17.0 Å². The predicted molar refractivity (Wildman–Crippen MR) is 65.9 cm³/mol. The van der Waals surface area contributed by atoms with Crippen molar-refractivity contribution in [3.8, 4) is 6.07 Å². The first-order valence-corrected chi connectivity index (χ1v) is 5.31. The Bertz CT molecular complexity index is 651. The summed E-state index contributed by atoms with van der Waals surface area (Å²) in [5.74, 6) is -1.08. The minimum Gasteiger partial charge on any atom is -0.357 e. The SMILES string of the molecule is CNc1ncc(F)c(Nc2ccc(F)cc2C#N)n1. The fourth-order valence-corrected chi connectivity index (χ4v) is 1.42. The van der Waals surface area contributed by atoms with Gasteiger partial charge in [0.1, 0.15) is 11.9 Å². The maximum Gasteiger partial charge on any atom is 0.224 e. The summed E-state index contributed by atoms with van der Waals surface area (Å²) in [4.78, 5) is 7.57. The molecular formula is C12H9F2N5. The number of nitrogens with zero attached hydrogens (tertiary/aromatic N) is 3. The molecule has 0 amide bonds. The number of nitriles is 1. The van der Waals surface area contributed by atoms with E-state index in [4.69, 9.17) is 5.26 Å². The molecule has 0 aliphatic rings. The van der Waals surface area contributed by atoms with Crippen LogP contribution in [0.2, 0.25) is 0 Å². The first kappa shape index (κ1) is 12.7. The first-order valence-electron chi connectivity index (χ1n) is 5.31. The number of hydrogen-bond acceptors (Lipinski definition) is 5. The second kappa shape index (κ2) is 5.27. The van der Waals surface area contributed by atoms with Crippen molar-refractivity contribution in [2.45, 2.75) is 0 Å². The predicted octanol–water partition coefficient (Wildman–Crippen LogP) is 2.41. The van der Waals surface area contributed by atoms with Crippen molar-refractivity contribution in [1.82, 2.24) is 9.97 Å². The van der Waals surface area contributed by atoms with Crippen LogP contribution in [0.15, 0.2) is 24.4 Å². The van der Waals surface area contributed by atoms with Crippen LogP contribution in [0.5, 0.6) is 0 Å². The fourth-order valence-electron chi connectivity index (χ4n) is 1.42. The molecule has 5 nitrogen and oxygen atoms in total. The molecule has 2 N–H and O–H groups in total. The first-order chi connectivity index (χ1) is 9.13. The second-order valence-electron chi connectivity index (χ2n) is 3.57. The number of rotatable bonds is 3. The maximum absolute atomic E-state index is 13.5. The molecule has 7 heteroatoms. The monoisotopic (exact) mass is 261 g/mol. The van der Waals surface area contributed by atoms with E-state index in [1.54, 1.807) is 7.05 Å². The lowest BCUT2D eigenvalue weighted by atomic mass is 10.2. The van der Waals surface area contributed by atoms with Crippen LogP contribution in [0.25, 0.3) is 0 Å². The summed E-state index contributed by atoms with van der Waals surface area (Å²) in [7, 11) is 1.59. The van der Waals surface area contributed by atoms with E-state index in [9.17, 15) is 8.78 Å². The highest BCUT2D eigenvalue weighted by molar-refractivity contribution is 5.65. The summed E-state index contributed by atoms with van der Waals surface area (Å²) in [5, 5.41) is 14.2. The molecule has 1 aromatic carbocycles. The van der Waals surface area contributed by atoms with Crippen molar-refractivity contribution in [3.63, 3.8) is 0 Å². The number of nitrogens with one attached hydrogen (secondary N) is 2. The minimum atomic E-state index is -0.674. The molecular weight excluding hydrogens is 252 g/mol. The van der Waals surface area contributed by atoms with Gasteiger partial charge in [-0.3, -0.25) is 0 Å². The molecule has 0 fully saturated rings. The molecule has 2 aromatic rings. The Balaban J connectivity index is 2.39. The molecule has 96 valence electrons. The molecule has 1 heterocycles. The minimum absolute atomic E-state index is 0.0593. The van der Waals surface area contributed by atoms with E-state index in [1.807, 2.05) is 6.07 Å². The van der Waals surface area contributed by atoms with Gasteiger partial charge in [0.2, 0.25) is 5.95 Å². The summed E-state index contributed by atoms with van der Waals surface area (Å²) in [6.45, 7) is 0. The fraction of sp³-hybridized carbons (Fsp3) is 0.0833. The van der Waals surface area contributed by atoms with Gasteiger partial charge in [-0.1, -0.05) is 0 Å². The Labute approximate surface area is 107 Å². The quantitative estimate of drug-likeness (QED) is 0.887. The van der Waals surface area contributed by atoms with Gasteiger partial charge in [-0.2, -0.15) is 10.2 Å². The number of hydrogen-bond donors (Lipinski definition) is 2. The van der Waals surface area contributed by atoms with Crippen molar-refractivity contribution in [1.29, 1.82) is 5.26 Å². The molecule has 19 heavy (non-hydrogen) atoms. The zero-order valence-corrected chi connectivity index (χ0v) is 9.91. The topological polar surface area (TPSA) is 73.6 Å². The summed E-state index contributed by atoms with van der Waals surface area (Å²) >= 11 is 0. The van der Waals surface area contributed by atoms with E-state index in [0.29, 0.717) is 0 Å². The molecule has 0 bridgehead atoms. The molecule has 0 aliphatic carbocycles. The lowest BCUT2D eigenvalue weighted by Gasteiger charge is -2.09. The summed E-state index contributed by atoms with van der Waals surface area (Å²) in [5.41, 5.74) is 0.326. The Kier molecular flexibility index (Phi) is 3.52. The zero-order chi connectivity index (χ0) is 13.8. The van der Waals surface area contributed by atoms with Crippen LogP contribution < -0.4 is 10.6 Å². The lowest BCUT2D eigenvalue weighted by molar-refractivity contribution is 0.619. The molecule has 0 saturated heterocycles. The van der Waals surface area contributed by atoms with E-state index in [-0.39, 0.29) is 23.0 Å². The lowest BCUT2D eigenvalue weighted by Crippen LogP contribution is -2.04. The Morgan fingerprint density at radius 2 is 2.11 bits per heavy atom. The third-order valence-corrected chi connectivity index (χ3v) is 2.32. The van der Waals surface area contributed by atoms with Gasteiger partial charge < -0.3 is 10.6 Å². The van der Waals surface area contributed by atoms with Crippen molar-refractivity contribution < 1.29 is 8.78 Å². The molecule has 0 unspecified atom stereocenters. The number of aromatic nitrogens is 2. The summed E-state index contributed by atoms with van der Waals surface area (Å²) in [6.07, 6.45) is 0.997. The van der Waals surface area contributed by atoms with Gasteiger partial charge in [0.25, 0.3) is 0 Å². The average Bonchev–Trinajstić information content (AvgIpc) is 2.43. The Morgan fingerprint density at radius 3 is 2.79 bits per heavy atom. The van der Waals surface area contributed by atoms with Crippen molar-refractivity contribution in [2.24, 2.45) is 0 Å². The van der Waals surface area contributed by atoms with Crippen molar-refractivity contribution in [2.75, 3.05) is 17.7 Å². The molecule has 1 aromatic heterocycles.